The van der Waals surface area contributed by atoms with Gasteiger partial charge in [-0.15, -0.1) is 0 Å². The van der Waals surface area contributed by atoms with E-state index in [2.05, 4.69) is 32.5 Å². The van der Waals surface area contributed by atoms with Crippen LogP contribution >= 0.6 is 11.6 Å². The van der Waals surface area contributed by atoms with Gasteiger partial charge in [-0.2, -0.15) is 13.2 Å². The third-order valence-electron chi connectivity index (χ3n) is 3.91. The monoisotopic (exact) mass is 408 g/mol. The molecule has 0 amide bonds. The predicted molar refractivity (Wildman–Crippen MR) is 103 cm³/mol. The molecule has 1 aromatic carbocycles. The van der Waals surface area contributed by atoms with Gasteiger partial charge in [0.05, 0.1) is 10.6 Å². The van der Waals surface area contributed by atoms with Crippen LogP contribution in [-0.4, -0.2) is 15.0 Å². The van der Waals surface area contributed by atoms with E-state index in [0.717, 1.165) is 18.2 Å². The predicted octanol–water partition coefficient (Wildman–Crippen LogP) is 5.18. The Labute approximate surface area is 164 Å². The van der Waals surface area contributed by atoms with Crippen molar-refractivity contribution in [3.05, 3.63) is 59.0 Å². The Morgan fingerprint density at radius 2 is 1.64 bits per heavy atom. The Hall–Kier alpha value is -3.07. The topological polar surface area (TPSA) is 88.8 Å². The fourth-order valence-electron chi connectivity index (χ4n) is 2.35. The summed E-state index contributed by atoms with van der Waals surface area (Å²) >= 11 is 5.91. The number of anilines is 5. The molecule has 0 aliphatic rings. The molecule has 0 atom stereocenters. The number of benzene rings is 1. The number of nitrogen functional groups attached to an aromatic ring is 1. The van der Waals surface area contributed by atoms with Crippen molar-refractivity contribution < 1.29 is 13.2 Å². The van der Waals surface area contributed by atoms with Crippen LogP contribution in [-0.2, 0) is 12.6 Å². The number of nitrogens with zero attached hydrogens (tertiary/aromatic N) is 3. The number of hydrogen-bond donors (Lipinski definition) is 3. The lowest BCUT2D eigenvalue weighted by molar-refractivity contribution is -0.137. The van der Waals surface area contributed by atoms with Crippen molar-refractivity contribution in [2.75, 3.05) is 16.4 Å². The number of rotatable bonds is 5. The first-order valence-corrected chi connectivity index (χ1v) is 8.62. The maximum atomic E-state index is 12.7. The Morgan fingerprint density at radius 3 is 2.21 bits per heavy atom. The molecule has 2 heterocycles. The largest absolute Gasteiger partial charge is 0.417 e. The molecule has 10 heteroatoms. The molecule has 0 bridgehead atoms. The Bertz CT molecular complexity index is 976. The van der Waals surface area contributed by atoms with Crippen molar-refractivity contribution >= 4 is 40.4 Å². The van der Waals surface area contributed by atoms with Crippen LogP contribution in [0.1, 0.15) is 18.1 Å². The fraction of sp³-hybridized carbons (Fsp3) is 0.167. The number of aryl methyl sites for hydroxylation is 1. The first-order chi connectivity index (χ1) is 13.3. The number of alkyl halides is 3. The Morgan fingerprint density at radius 1 is 1.00 bits per heavy atom. The lowest BCUT2D eigenvalue weighted by Crippen LogP contribution is -2.08. The van der Waals surface area contributed by atoms with E-state index in [9.17, 15) is 13.2 Å². The summed E-state index contributed by atoms with van der Waals surface area (Å²) in [6.45, 7) is 2.06. The van der Waals surface area contributed by atoms with Crippen molar-refractivity contribution in [3.8, 4) is 0 Å². The van der Waals surface area contributed by atoms with E-state index in [-0.39, 0.29) is 22.3 Å². The molecule has 28 heavy (non-hydrogen) atoms. The number of nitrogens with two attached hydrogens (primary N) is 1. The number of pyridine rings is 1. The summed E-state index contributed by atoms with van der Waals surface area (Å²) in [7, 11) is 0. The molecule has 0 aliphatic carbocycles. The summed E-state index contributed by atoms with van der Waals surface area (Å²) in [5.74, 6) is 0.500. The van der Waals surface area contributed by atoms with Crippen LogP contribution in [0.5, 0.6) is 0 Å². The molecule has 146 valence electrons. The highest BCUT2D eigenvalue weighted by Gasteiger charge is 2.31. The smallest absolute Gasteiger partial charge is 0.393 e. The van der Waals surface area contributed by atoms with Gasteiger partial charge in [-0.05, 0) is 30.2 Å². The summed E-state index contributed by atoms with van der Waals surface area (Å²) < 4.78 is 38.2. The van der Waals surface area contributed by atoms with Crippen LogP contribution in [0.4, 0.5) is 42.0 Å². The van der Waals surface area contributed by atoms with Crippen LogP contribution in [0.2, 0.25) is 5.02 Å². The van der Waals surface area contributed by atoms with Crippen molar-refractivity contribution in [1.82, 2.24) is 15.0 Å². The lowest BCUT2D eigenvalue weighted by Gasteiger charge is -2.14. The molecule has 3 rings (SSSR count). The van der Waals surface area contributed by atoms with Gasteiger partial charge in [0.2, 0.25) is 0 Å². The quantitative estimate of drug-likeness (QED) is 0.539. The molecular formula is C18H16ClF3N6. The molecule has 2 aromatic heterocycles. The standard InChI is InChI=1S/C18H16ClF3N6/c1-2-10-3-5-12(6-4-10)27-16-14(23)17(26-9-25-16)28-15-13(19)7-11(8-24-15)18(20,21)22/h3-9H,2,23H2,1H3,(H2,24,25,26,27,28). The molecule has 4 N–H and O–H groups in total. The Kier molecular flexibility index (Phi) is 5.55. The molecule has 0 fully saturated rings. The average Bonchev–Trinajstić information content (AvgIpc) is 2.66. The van der Waals surface area contributed by atoms with Gasteiger partial charge >= 0.3 is 6.18 Å². The van der Waals surface area contributed by atoms with Crippen molar-refractivity contribution in [1.29, 1.82) is 0 Å². The second-order valence-electron chi connectivity index (χ2n) is 5.84. The first-order valence-electron chi connectivity index (χ1n) is 8.24. The zero-order valence-electron chi connectivity index (χ0n) is 14.7. The summed E-state index contributed by atoms with van der Waals surface area (Å²) in [4.78, 5) is 11.8. The molecule has 6 nitrogen and oxygen atoms in total. The minimum absolute atomic E-state index is 0.00156. The van der Waals surface area contributed by atoms with E-state index < -0.39 is 11.7 Å². The number of hydrogen-bond acceptors (Lipinski definition) is 6. The third-order valence-corrected chi connectivity index (χ3v) is 4.20. The molecule has 0 unspecified atom stereocenters. The zero-order valence-corrected chi connectivity index (χ0v) is 15.4. The lowest BCUT2D eigenvalue weighted by atomic mass is 10.1. The third kappa shape index (κ3) is 4.42. The van der Waals surface area contributed by atoms with Gasteiger partial charge in [-0.3, -0.25) is 0 Å². The summed E-state index contributed by atoms with van der Waals surface area (Å²) in [6, 6.07) is 8.52. The van der Waals surface area contributed by atoms with Gasteiger partial charge in [-0.1, -0.05) is 30.7 Å². The molecule has 0 saturated carbocycles. The van der Waals surface area contributed by atoms with Gasteiger partial charge in [0.25, 0.3) is 0 Å². The maximum Gasteiger partial charge on any atom is 0.417 e. The second kappa shape index (κ2) is 7.89. The SMILES string of the molecule is CCc1ccc(Nc2ncnc(Nc3ncc(C(F)(F)F)cc3Cl)c2N)cc1. The molecule has 0 spiro atoms. The van der Waals surface area contributed by atoms with Gasteiger partial charge < -0.3 is 16.4 Å². The highest BCUT2D eigenvalue weighted by Crippen LogP contribution is 2.34. The van der Waals surface area contributed by atoms with Crippen LogP contribution in [0.25, 0.3) is 0 Å². The number of aromatic nitrogens is 3. The molecule has 0 aliphatic heterocycles. The zero-order chi connectivity index (χ0) is 20.3. The molecule has 0 saturated heterocycles. The maximum absolute atomic E-state index is 12.7. The highest BCUT2D eigenvalue weighted by atomic mass is 35.5. The van der Waals surface area contributed by atoms with Gasteiger partial charge in [0.1, 0.15) is 17.8 Å². The first kappa shape index (κ1) is 19.7. The number of halogens is 4. The van der Waals surface area contributed by atoms with Gasteiger partial charge in [0.15, 0.2) is 11.6 Å². The number of nitrogens with one attached hydrogen (secondary N) is 2. The highest BCUT2D eigenvalue weighted by molar-refractivity contribution is 6.33. The normalized spacial score (nSPS) is 11.3. The molecule has 0 radical (unpaired) electrons. The second-order valence-corrected chi connectivity index (χ2v) is 6.24. The van der Waals surface area contributed by atoms with Crippen molar-refractivity contribution in [3.63, 3.8) is 0 Å². The van der Waals surface area contributed by atoms with E-state index in [1.807, 2.05) is 24.3 Å². The average molecular weight is 409 g/mol. The van der Waals surface area contributed by atoms with E-state index >= 15 is 0 Å². The van der Waals surface area contributed by atoms with E-state index in [0.29, 0.717) is 12.0 Å². The van der Waals surface area contributed by atoms with Crippen LogP contribution in [0, 0.1) is 0 Å². The summed E-state index contributed by atoms with van der Waals surface area (Å²) in [6.07, 6.45) is -1.67. The minimum Gasteiger partial charge on any atom is -0.393 e. The minimum atomic E-state index is -4.53. The summed E-state index contributed by atoms with van der Waals surface area (Å²) in [5, 5.41) is 5.60. The van der Waals surface area contributed by atoms with E-state index in [1.165, 1.54) is 11.9 Å². The van der Waals surface area contributed by atoms with Crippen LogP contribution < -0.4 is 16.4 Å². The molecular weight excluding hydrogens is 393 g/mol. The summed E-state index contributed by atoms with van der Waals surface area (Å²) in [5.41, 5.74) is 7.27. The van der Waals surface area contributed by atoms with Gasteiger partial charge in [-0.25, -0.2) is 15.0 Å². The van der Waals surface area contributed by atoms with Crippen LogP contribution in [0.3, 0.4) is 0 Å². The van der Waals surface area contributed by atoms with Crippen molar-refractivity contribution in [2.45, 2.75) is 19.5 Å². The van der Waals surface area contributed by atoms with E-state index in [1.54, 1.807) is 0 Å². The van der Waals surface area contributed by atoms with Gasteiger partial charge in [0, 0.05) is 11.9 Å². The van der Waals surface area contributed by atoms with Crippen LogP contribution in [0.15, 0.2) is 42.9 Å². The van der Waals surface area contributed by atoms with E-state index in [4.69, 9.17) is 17.3 Å². The van der Waals surface area contributed by atoms with Crippen molar-refractivity contribution in [2.24, 2.45) is 0 Å². The molecule has 3 aromatic rings. The fourth-order valence-corrected chi connectivity index (χ4v) is 2.57. The Balaban J connectivity index is 1.83.